The SMILES string of the molecule is Cc1c(Cl)cccc1N=C1NN=C(c2ccc(N(C)S(C)(=O)=O)cc2)CS1. The molecule has 6 nitrogen and oxygen atoms in total. The minimum atomic E-state index is -3.28. The maximum atomic E-state index is 11.6. The summed E-state index contributed by atoms with van der Waals surface area (Å²) in [7, 11) is -1.75. The molecule has 0 unspecified atom stereocenters. The molecule has 0 fully saturated rings. The van der Waals surface area contributed by atoms with Crippen LogP contribution in [0.3, 0.4) is 0 Å². The van der Waals surface area contributed by atoms with Crippen LogP contribution in [0.2, 0.25) is 5.02 Å². The van der Waals surface area contributed by atoms with E-state index in [1.165, 1.54) is 17.6 Å². The van der Waals surface area contributed by atoms with E-state index in [0.29, 0.717) is 21.6 Å². The molecule has 2 aromatic rings. The first kappa shape index (κ1) is 19.7. The Balaban J connectivity index is 1.75. The number of sulfonamides is 1. The van der Waals surface area contributed by atoms with Gasteiger partial charge in [-0.1, -0.05) is 41.6 Å². The van der Waals surface area contributed by atoms with Gasteiger partial charge in [0.25, 0.3) is 0 Å². The van der Waals surface area contributed by atoms with Gasteiger partial charge in [0, 0.05) is 17.8 Å². The van der Waals surface area contributed by atoms with Gasteiger partial charge in [-0.25, -0.2) is 13.4 Å². The van der Waals surface area contributed by atoms with Crippen LogP contribution in [0.25, 0.3) is 0 Å². The molecule has 0 aromatic heterocycles. The van der Waals surface area contributed by atoms with Crippen molar-refractivity contribution in [1.82, 2.24) is 5.43 Å². The number of aliphatic imine (C=N–C) groups is 1. The van der Waals surface area contributed by atoms with Crippen molar-refractivity contribution in [1.29, 1.82) is 0 Å². The van der Waals surface area contributed by atoms with E-state index in [0.717, 1.165) is 22.5 Å². The quantitative estimate of drug-likeness (QED) is 0.813. The Labute approximate surface area is 168 Å². The third-order valence-corrected chi connectivity index (χ3v) is 6.64. The molecule has 0 saturated carbocycles. The summed E-state index contributed by atoms with van der Waals surface area (Å²) >= 11 is 7.68. The molecule has 0 saturated heterocycles. The van der Waals surface area contributed by atoms with Crippen molar-refractivity contribution in [2.24, 2.45) is 10.1 Å². The molecule has 1 N–H and O–H groups in total. The molecular weight excluding hydrogens is 404 g/mol. The van der Waals surface area contributed by atoms with Crippen LogP contribution in [0.5, 0.6) is 0 Å². The molecule has 0 atom stereocenters. The summed E-state index contributed by atoms with van der Waals surface area (Å²) in [5, 5.41) is 5.79. The van der Waals surface area contributed by atoms with E-state index in [-0.39, 0.29) is 0 Å². The Morgan fingerprint density at radius 3 is 2.52 bits per heavy atom. The summed E-state index contributed by atoms with van der Waals surface area (Å²) in [6, 6.07) is 12.9. The smallest absolute Gasteiger partial charge is 0.231 e. The molecule has 9 heteroatoms. The van der Waals surface area contributed by atoms with Crippen molar-refractivity contribution < 1.29 is 8.42 Å². The molecular formula is C18H19ClN4O2S2. The van der Waals surface area contributed by atoms with Crippen LogP contribution in [-0.4, -0.2) is 38.4 Å². The Morgan fingerprint density at radius 1 is 1.22 bits per heavy atom. The molecule has 1 aliphatic rings. The minimum absolute atomic E-state index is 0.608. The third-order valence-electron chi connectivity index (χ3n) is 4.15. The standard InChI is InChI=1S/C18H19ClN4O2S2/c1-12-15(19)5-4-6-16(12)20-18-22-21-17(11-26-18)13-7-9-14(10-8-13)23(2)27(3,24)25/h4-10H,11H2,1-3H3,(H,20,22). The number of hydrogen-bond donors (Lipinski definition) is 1. The Hall–Kier alpha value is -2.03. The number of thioether (sulfide) groups is 1. The summed E-state index contributed by atoms with van der Waals surface area (Å²) in [4.78, 5) is 4.57. The highest BCUT2D eigenvalue weighted by Crippen LogP contribution is 2.27. The predicted molar refractivity (Wildman–Crippen MR) is 115 cm³/mol. The van der Waals surface area contributed by atoms with Gasteiger partial charge < -0.3 is 0 Å². The largest absolute Gasteiger partial charge is 0.274 e. The Morgan fingerprint density at radius 2 is 1.93 bits per heavy atom. The zero-order chi connectivity index (χ0) is 19.6. The molecule has 1 aliphatic heterocycles. The van der Waals surface area contributed by atoms with Gasteiger partial charge in [0.1, 0.15) is 0 Å². The highest BCUT2D eigenvalue weighted by molar-refractivity contribution is 8.14. The molecule has 0 radical (unpaired) electrons. The highest BCUT2D eigenvalue weighted by Gasteiger charge is 2.16. The fraction of sp³-hybridized carbons (Fsp3) is 0.222. The van der Waals surface area contributed by atoms with E-state index in [1.54, 1.807) is 23.9 Å². The molecule has 0 bridgehead atoms. The maximum absolute atomic E-state index is 11.6. The van der Waals surface area contributed by atoms with Gasteiger partial charge in [0.2, 0.25) is 10.0 Å². The maximum Gasteiger partial charge on any atom is 0.231 e. The predicted octanol–water partition coefficient (Wildman–Crippen LogP) is 3.77. The van der Waals surface area contributed by atoms with Crippen molar-refractivity contribution in [3.8, 4) is 0 Å². The third kappa shape index (κ3) is 4.63. The van der Waals surface area contributed by atoms with Gasteiger partial charge in [-0.2, -0.15) is 5.10 Å². The van der Waals surface area contributed by atoms with Crippen molar-refractivity contribution in [2.75, 3.05) is 23.4 Å². The first-order chi connectivity index (χ1) is 12.8. The van der Waals surface area contributed by atoms with E-state index < -0.39 is 10.0 Å². The number of nitrogens with one attached hydrogen (secondary N) is 1. The number of amidine groups is 1. The fourth-order valence-corrected chi connectivity index (χ4v) is 3.86. The molecule has 0 amide bonds. The fourth-order valence-electron chi connectivity index (χ4n) is 2.40. The molecule has 2 aromatic carbocycles. The topological polar surface area (TPSA) is 74.1 Å². The Kier molecular flexibility index (Phi) is 5.78. The number of nitrogens with zero attached hydrogens (tertiary/aromatic N) is 3. The van der Waals surface area contributed by atoms with E-state index in [2.05, 4.69) is 15.5 Å². The van der Waals surface area contributed by atoms with Crippen molar-refractivity contribution >= 4 is 55.6 Å². The van der Waals surface area contributed by atoms with Gasteiger partial charge >= 0.3 is 0 Å². The van der Waals surface area contributed by atoms with E-state index in [4.69, 9.17) is 11.6 Å². The molecule has 142 valence electrons. The summed E-state index contributed by atoms with van der Waals surface area (Å²) in [6.45, 7) is 1.93. The molecule has 27 heavy (non-hydrogen) atoms. The zero-order valence-electron chi connectivity index (χ0n) is 15.1. The van der Waals surface area contributed by atoms with Crippen LogP contribution in [0.1, 0.15) is 11.1 Å². The lowest BCUT2D eigenvalue weighted by atomic mass is 10.1. The lowest BCUT2D eigenvalue weighted by Crippen LogP contribution is -2.26. The normalized spacial score (nSPS) is 16.0. The van der Waals surface area contributed by atoms with Crippen LogP contribution >= 0.6 is 23.4 Å². The molecule has 1 heterocycles. The summed E-state index contributed by atoms with van der Waals surface area (Å²) in [5.74, 6) is 0.659. The van der Waals surface area contributed by atoms with Crippen molar-refractivity contribution in [2.45, 2.75) is 6.92 Å². The van der Waals surface area contributed by atoms with Crippen LogP contribution in [0.4, 0.5) is 11.4 Å². The Bertz CT molecular complexity index is 1020. The lowest BCUT2D eigenvalue weighted by molar-refractivity contribution is 0.600. The zero-order valence-corrected chi connectivity index (χ0v) is 17.5. The number of anilines is 1. The van der Waals surface area contributed by atoms with Crippen LogP contribution < -0.4 is 9.73 Å². The number of rotatable bonds is 4. The summed E-state index contributed by atoms with van der Waals surface area (Å²) in [6.07, 6.45) is 1.18. The average molecular weight is 423 g/mol. The number of hydrazone groups is 1. The summed E-state index contributed by atoms with van der Waals surface area (Å²) < 4.78 is 24.5. The van der Waals surface area contributed by atoms with Gasteiger partial charge in [-0.15, -0.1) is 0 Å². The molecule has 3 rings (SSSR count). The van der Waals surface area contributed by atoms with Gasteiger partial charge in [0.15, 0.2) is 5.17 Å². The van der Waals surface area contributed by atoms with Crippen LogP contribution in [-0.2, 0) is 10.0 Å². The average Bonchev–Trinajstić information content (AvgIpc) is 2.65. The summed E-state index contributed by atoms with van der Waals surface area (Å²) in [5.41, 5.74) is 7.12. The minimum Gasteiger partial charge on any atom is -0.274 e. The van der Waals surface area contributed by atoms with Crippen LogP contribution in [0.15, 0.2) is 52.6 Å². The van der Waals surface area contributed by atoms with Gasteiger partial charge in [-0.05, 0) is 42.3 Å². The van der Waals surface area contributed by atoms with E-state index >= 15 is 0 Å². The van der Waals surface area contributed by atoms with E-state index in [1.807, 2.05) is 37.3 Å². The first-order valence-electron chi connectivity index (χ1n) is 8.09. The highest BCUT2D eigenvalue weighted by atomic mass is 35.5. The number of halogens is 1. The second kappa shape index (κ2) is 7.92. The van der Waals surface area contributed by atoms with Gasteiger partial charge in [-0.3, -0.25) is 9.73 Å². The van der Waals surface area contributed by atoms with Crippen LogP contribution in [0, 0.1) is 6.92 Å². The van der Waals surface area contributed by atoms with E-state index in [9.17, 15) is 8.42 Å². The monoisotopic (exact) mass is 422 g/mol. The van der Waals surface area contributed by atoms with Crippen molar-refractivity contribution in [3.05, 3.63) is 58.6 Å². The molecule has 0 aliphatic carbocycles. The lowest BCUT2D eigenvalue weighted by Gasteiger charge is -2.18. The second-order valence-electron chi connectivity index (χ2n) is 6.04. The number of benzene rings is 2. The molecule has 0 spiro atoms. The first-order valence-corrected chi connectivity index (χ1v) is 11.3. The van der Waals surface area contributed by atoms with Crippen molar-refractivity contribution in [3.63, 3.8) is 0 Å². The number of hydrogen-bond acceptors (Lipinski definition) is 5. The van der Waals surface area contributed by atoms with Gasteiger partial charge in [0.05, 0.1) is 23.3 Å². The second-order valence-corrected chi connectivity index (χ2v) is 9.42.